The van der Waals surface area contributed by atoms with Crippen LogP contribution in [0.15, 0.2) is 4.99 Å². The Hall–Kier alpha value is -0.410. The van der Waals surface area contributed by atoms with Gasteiger partial charge in [0.2, 0.25) is 0 Å². The Morgan fingerprint density at radius 2 is 2.60 bits per heavy atom. The molecule has 10 heavy (non-hydrogen) atoms. The number of aliphatic hydroxyl groups excluding tert-OH is 1. The van der Waals surface area contributed by atoms with Gasteiger partial charge in [0.05, 0.1) is 19.3 Å². The second-order valence-electron chi connectivity index (χ2n) is 2.33. The highest BCUT2D eigenvalue weighted by molar-refractivity contribution is 5.58. The lowest BCUT2D eigenvalue weighted by atomic mass is 10.1. The highest BCUT2D eigenvalue weighted by atomic mass is 16.5. The summed E-state index contributed by atoms with van der Waals surface area (Å²) in [5.74, 6) is 0. The summed E-state index contributed by atoms with van der Waals surface area (Å²) in [4.78, 5) is 4.07. The summed E-state index contributed by atoms with van der Waals surface area (Å²) in [7, 11) is 0. The first-order valence-corrected chi connectivity index (χ1v) is 3.64. The van der Waals surface area contributed by atoms with Crippen molar-refractivity contribution < 1.29 is 9.84 Å². The molecule has 1 rings (SSSR count). The van der Waals surface area contributed by atoms with Gasteiger partial charge in [0, 0.05) is 19.2 Å². The predicted octanol–water partition coefficient (Wildman–Crippen LogP) is 0.228. The molecule has 3 heteroatoms. The van der Waals surface area contributed by atoms with E-state index in [-0.39, 0.29) is 6.61 Å². The maximum atomic E-state index is 8.44. The first-order valence-electron chi connectivity index (χ1n) is 3.64. The summed E-state index contributed by atoms with van der Waals surface area (Å²) >= 11 is 0. The Morgan fingerprint density at radius 3 is 3.20 bits per heavy atom. The van der Waals surface area contributed by atoms with E-state index in [1.54, 1.807) is 0 Å². The van der Waals surface area contributed by atoms with E-state index in [0.717, 1.165) is 19.4 Å². The Bertz CT molecular complexity index is 114. The fraction of sp³-hybridized carbons (Fsp3) is 0.857. The third kappa shape index (κ3) is 2.45. The fourth-order valence-corrected chi connectivity index (χ4v) is 0.991. The molecule has 3 nitrogen and oxygen atoms in total. The van der Waals surface area contributed by atoms with Gasteiger partial charge < -0.3 is 9.84 Å². The maximum Gasteiger partial charge on any atom is 0.0701 e. The van der Waals surface area contributed by atoms with Crippen molar-refractivity contribution >= 4 is 6.21 Å². The average molecular weight is 143 g/mol. The van der Waals surface area contributed by atoms with Crippen molar-refractivity contribution in [1.29, 1.82) is 0 Å². The zero-order valence-electron chi connectivity index (χ0n) is 5.99. The van der Waals surface area contributed by atoms with E-state index in [2.05, 4.69) is 4.99 Å². The van der Waals surface area contributed by atoms with Crippen molar-refractivity contribution in [3.05, 3.63) is 0 Å². The number of aliphatic hydroxyl groups is 1. The van der Waals surface area contributed by atoms with Crippen LogP contribution >= 0.6 is 0 Å². The van der Waals surface area contributed by atoms with Crippen LogP contribution < -0.4 is 0 Å². The molecule has 0 saturated heterocycles. The summed E-state index contributed by atoms with van der Waals surface area (Å²) in [6.45, 7) is 1.45. The molecule has 0 spiro atoms. The van der Waals surface area contributed by atoms with Crippen LogP contribution in [0.5, 0.6) is 0 Å². The van der Waals surface area contributed by atoms with Gasteiger partial charge in [0.1, 0.15) is 0 Å². The van der Waals surface area contributed by atoms with Gasteiger partial charge in [-0.15, -0.1) is 0 Å². The average Bonchev–Trinajstić information content (AvgIpc) is 2.03. The SMILES string of the molecule is OCCOC1CC=NCC1. The molecule has 0 saturated carbocycles. The van der Waals surface area contributed by atoms with Crippen LogP contribution in [-0.2, 0) is 4.74 Å². The molecular formula is C7H13NO2. The third-order valence-corrected chi connectivity index (χ3v) is 1.52. The molecule has 1 atom stereocenters. The Balaban J connectivity index is 2.10. The molecule has 0 aliphatic carbocycles. The second kappa shape index (κ2) is 4.41. The summed E-state index contributed by atoms with van der Waals surface area (Å²) < 4.78 is 5.29. The van der Waals surface area contributed by atoms with Crippen LogP contribution in [0.4, 0.5) is 0 Å². The number of hydrogen-bond acceptors (Lipinski definition) is 3. The molecule has 1 N–H and O–H groups in total. The van der Waals surface area contributed by atoms with Crippen molar-refractivity contribution in [2.45, 2.75) is 18.9 Å². The lowest BCUT2D eigenvalue weighted by Crippen LogP contribution is -2.19. The quantitative estimate of drug-likeness (QED) is 0.614. The van der Waals surface area contributed by atoms with Crippen molar-refractivity contribution in [1.82, 2.24) is 0 Å². The topological polar surface area (TPSA) is 41.8 Å². The molecule has 0 bridgehead atoms. The number of rotatable bonds is 3. The van der Waals surface area contributed by atoms with Crippen molar-refractivity contribution in [2.75, 3.05) is 19.8 Å². The van der Waals surface area contributed by atoms with Crippen LogP contribution in [0.3, 0.4) is 0 Å². The summed E-state index contributed by atoms with van der Waals surface area (Å²) in [5, 5.41) is 8.44. The fourth-order valence-electron chi connectivity index (χ4n) is 0.991. The number of aliphatic imine (C=N–C) groups is 1. The smallest absolute Gasteiger partial charge is 0.0701 e. The van der Waals surface area contributed by atoms with Crippen LogP contribution in [0.2, 0.25) is 0 Å². The first-order chi connectivity index (χ1) is 4.93. The van der Waals surface area contributed by atoms with Gasteiger partial charge >= 0.3 is 0 Å². The Labute approximate surface area is 60.7 Å². The molecule has 0 amide bonds. The molecule has 0 aromatic rings. The highest BCUT2D eigenvalue weighted by Gasteiger charge is 2.09. The zero-order chi connectivity index (χ0) is 7.23. The zero-order valence-corrected chi connectivity index (χ0v) is 5.99. The monoisotopic (exact) mass is 143 g/mol. The molecule has 58 valence electrons. The molecular weight excluding hydrogens is 130 g/mol. The lowest BCUT2D eigenvalue weighted by Gasteiger charge is -2.16. The molecule has 0 aromatic heterocycles. The molecule has 0 aromatic carbocycles. The number of nitrogens with zero attached hydrogens (tertiary/aromatic N) is 1. The Morgan fingerprint density at radius 1 is 1.70 bits per heavy atom. The summed E-state index contributed by atoms with van der Waals surface area (Å²) in [6, 6.07) is 0. The van der Waals surface area contributed by atoms with Crippen LogP contribution in [-0.4, -0.2) is 37.2 Å². The van der Waals surface area contributed by atoms with Gasteiger partial charge in [-0.2, -0.15) is 0 Å². The van der Waals surface area contributed by atoms with Crippen LogP contribution in [0, 0.1) is 0 Å². The van der Waals surface area contributed by atoms with E-state index in [4.69, 9.17) is 9.84 Å². The van der Waals surface area contributed by atoms with Crippen LogP contribution in [0.1, 0.15) is 12.8 Å². The largest absolute Gasteiger partial charge is 0.394 e. The number of hydrogen-bond donors (Lipinski definition) is 1. The molecule has 1 unspecified atom stereocenters. The van der Waals surface area contributed by atoms with Gasteiger partial charge in [-0.1, -0.05) is 0 Å². The van der Waals surface area contributed by atoms with E-state index in [9.17, 15) is 0 Å². The molecule has 1 heterocycles. The van der Waals surface area contributed by atoms with Gasteiger partial charge in [0.25, 0.3) is 0 Å². The van der Waals surface area contributed by atoms with E-state index in [0.29, 0.717) is 12.7 Å². The minimum Gasteiger partial charge on any atom is -0.394 e. The summed E-state index contributed by atoms with van der Waals surface area (Å²) in [6.07, 6.45) is 4.09. The second-order valence-corrected chi connectivity index (χ2v) is 2.33. The van der Waals surface area contributed by atoms with Crippen molar-refractivity contribution in [2.24, 2.45) is 4.99 Å². The van der Waals surface area contributed by atoms with E-state index < -0.39 is 0 Å². The molecule has 0 fully saturated rings. The van der Waals surface area contributed by atoms with Gasteiger partial charge in [-0.3, -0.25) is 4.99 Å². The maximum absolute atomic E-state index is 8.44. The minimum atomic E-state index is 0.119. The summed E-state index contributed by atoms with van der Waals surface area (Å²) in [5.41, 5.74) is 0. The normalized spacial score (nSPS) is 25.1. The lowest BCUT2D eigenvalue weighted by molar-refractivity contribution is 0.0284. The predicted molar refractivity (Wildman–Crippen MR) is 39.4 cm³/mol. The third-order valence-electron chi connectivity index (χ3n) is 1.52. The van der Waals surface area contributed by atoms with Crippen molar-refractivity contribution in [3.8, 4) is 0 Å². The van der Waals surface area contributed by atoms with Crippen LogP contribution in [0.25, 0.3) is 0 Å². The Kier molecular flexibility index (Phi) is 3.40. The molecule has 0 radical (unpaired) electrons. The van der Waals surface area contributed by atoms with E-state index in [1.807, 2.05) is 6.21 Å². The highest BCUT2D eigenvalue weighted by Crippen LogP contribution is 2.06. The minimum absolute atomic E-state index is 0.119. The van der Waals surface area contributed by atoms with E-state index in [1.165, 1.54) is 0 Å². The van der Waals surface area contributed by atoms with E-state index >= 15 is 0 Å². The van der Waals surface area contributed by atoms with Gasteiger partial charge in [-0.25, -0.2) is 0 Å². The van der Waals surface area contributed by atoms with Crippen molar-refractivity contribution in [3.63, 3.8) is 0 Å². The molecule has 1 aliphatic heterocycles. The first kappa shape index (κ1) is 7.69. The van der Waals surface area contributed by atoms with Gasteiger partial charge in [-0.05, 0) is 6.42 Å². The number of ether oxygens (including phenoxy) is 1. The standard InChI is InChI=1S/C7H13NO2/c9-5-6-10-7-1-3-8-4-2-7/h3,7,9H,1-2,4-6H2. The molecule has 1 aliphatic rings. The van der Waals surface area contributed by atoms with Gasteiger partial charge in [0.15, 0.2) is 0 Å².